The maximum atomic E-state index is 11.2. The van der Waals surface area contributed by atoms with Crippen LogP contribution in [0.3, 0.4) is 0 Å². The molecule has 5 heteroatoms. The van der Waals surface area contributed by atoms with Gasteiger partial charge in [0.1, 0.15) is 10.6 Å². The number of ketones is 1. The first-order valence-corrected chi connectivity index (χ1v) is 18.0. The van der Waals surface area contributed by atoms with Crippen molar-refractivity contribution < 1.29 is 14.7 Å². The Morgan fingerprint density at radius 2 is 0.789 bits per heavy atom. The minimum atomic E-state index is -0.737. The van der Waals surface area contributed by atoms with Gasteiger partial charge in [-0.1, -0.05) is 188 Å². The zero-order valence-electron chi connectivity index (χ0n) is 25.9. The van der Waals surface area contributed by atoms with Gasteiger partial charge in [-0.3, -0.25) is 9.59 Å². The molecule has 228 valence electrons. The minimum absolute atomic E-state index is 0.0612. The molecule has 0 aliphatic heterocycles. The Labute approximate surface area is 254 Å². The van der Waals surface area contributed by atoms with Gasteiger partial charge in [-0.25, -0.2) is 0 Å². The number of alkyl halides is 2. The fourth-order valence-corrected chi connectivity index (χ4v) is 5.37. The predicted octanol–water partition coefficient (Wildman–Crippen LogP) is 12.1. The lowest BCUT2D eigenvalue weighted by Crippen LogP contribution is -2.21. The minimum Gasteiger partial charge on any atom is -0.480 e. The van der Waals surface area contributed by atoms with Crippen LogP contribution in [0.1, 0.15) is 176 Å². The molecule has 0 aliphatic rings. The Kier molecular flexibility index (Phi) is 31.8. The topological polar surface area (TPSA) is 54.4 Å². The molecule has 0 aromatic carbocycles. The van der Waals surface area contributed by atoms with Crippen molar-refractivity contribution in [3.8, 4) is 0 Å². The molecule has 0 amide bonds. The number of aliphatic carboxylic acids is 1. The lowest BCUT2D eigenvalue weighted by Gasteiger charge is -2.15. The Morgan fingerprint density at radius 1 is 0.526 bits per heavy atom. The van der Waals surface area contributed by atoms with Crippen molar-refractivity contribution in [1.29, 1.82) is 0 Å². The molecule has 0 saturated heterocycles. The first-order chi connectivity index (χ1) is 18.2. The summed E-state index contributed by atoms with van der Waals surface area (Å²) >= 11 is 6.71. The third-order valence-corrected chi connectivity index (χ3v) is 10.5. The van der Waals surface area contributed by atoms with Gasteiger partial charge in [-0.2, -0.15) is 0 Å². The number of hydrogen-bond donors (Lipinski definition) is 1. The number of rotatable bonds is 26. The van der Waals surface area contributed by atoms with Crippen molar-refractivity contribution in [3.05, 3.63) is 0 Å². The third kappa shape index (κ3) is 27.7. The molecule has 4 atom stereocenters. The van der Waals surface area contributed by atoms with Gasteiger partial charge in [0.2, 0.25) is 0 Å². The summed E-state index contributed by atoms with van der Waals surface area (Å²) in [5.74, 6) is 0.234. The fraction of sp³-hybridized carbons (Fsp3) is 0.939. The van der Waals surface area contributed by atoms with E-state index < -0.39 is 5.97 Å². The molecule has 0 heterocycles. The van der Waals surface area contributed by atoms with Crippen LogP contribution in [0.25, 0.3) is 0 Å². The maximum Gasteiger partial charge on any atom is 0.317 e. The standard InChI is InChI=1S/C17H33BrO.C16H31BrO2/c1-4-5-6-7-8-9-10-11-12-13-14-15(2)17(18)16(3)19;1-3-4-5-6-7-8-9-10-11-12-13-14(2)15(17)16(18)19/h15,17H,4-14H2,1-3H3;14-15H,3-13H2,1-2H3,(H,18,19)/t15?,17-;14?,15-/m01/s1. The van der Waals surface area contributed by atoms with Crippen molar-refractivity contribution in [2.75, 3.05) is 0 Å². The van der Waals surface area contributed by atoms with Crippen LogP contribution >= 0.6 is 31.9 Å². The highest BCUT2D eigenvalue weighted by atomic mass is 79.9. The van der Waals surface area contributed by atoms with Crippen LogP contribution in [0.15, 0.2) is 0 Å². The SMILES string of the molecule is CCCCCCCCCCCCC(C)[C@@H](Br)C(=O)O.CCCCCCCCCCCCC(C)[C@H](Br)C(C)=O. The Balaban J connectivity index is 0. The van der Waals surface area contributed by atoms with Crippen molar-refractivity contribution in [2.45, 2.75) is 186 Å². The number of unbranched alkanes of at least 4 members (excludes halogenated alkanes) is 18. The highest BCUT2D eigenvalue weighted by Gasteiger charge is 2.20. The molecular formula is C33H64Br2O3. The summed E-state index contributed by atoms with van der Waals surface area (Å²) in [5.41, 5.74) is 0. The van der Waals surface area contributed by atoms with E-state index in [4.69, 9.17) is 5.11 Å². The summed E-state index contributed by atoms with van der Waals surface area (Å²) < 4.78 is 0. The van der Waals surface area contributed by atoms with Crippen LogP contribution in [0.4, 0.5) is 0 Å². The van der Waals surface area contributed by atoms with E-state index in [0.717, 1.165) is 12.8 Å². The van der Waals surface area contributed by atoms with E-state index in [0.29, 0.717) is 5.92 Å². The summed E-state index contributed by atoms with van der Waals surface area (Å²) in [6.45, 7) is 10.4. The van der Waals surface area contributed by atoms with Gasteiger partial charge >= 0.3 is 5.97 Å². The van der Waals surface area contributed by atoms with Crippen molar-refractivity contribution in [1.82, 2.24) is 0 Å². The molecule has 38 heavy (non-hydrogen) atoms. The summed E-state index contributed by atoms with van der Waals surface area (Å²) in [6, 6.07) is 0. The van der Waals surface area contributed by atoms with Gasteiger partial charge in [0.25, 0.3) is 0 Å². The molecule has 0 aromatic heterocycles. The summed E-state index contributed by atoms with van der Waals surface area (Å²) in [4.78, 5) is 21.7. The number of hydrogen-bond acceptors (Lipinski definition) is 2. The average Bonchev–Trinajstić information content (AvgIpc) is 2.89. The summed E-state index contributed by atoms with van der Waals surface area (Å²) in [6.07, 6.45) is 29.3. The third-order valence-electron chi connectivity index (χ3n) is 7.65. The number of Topliss-reactive ketones (excluding diaryl/α,β-unsaturated/α-hetero) is 1. The van der Waals surface area contributed by atoms with Gasteiger partial charge in [0, 0.05) is 0 Å². The van der Waals surface area contributed by atoms with Crippen molar-refractivity contribution >= 4 is 43.6 Å². The fourth-order valence-electron chi connectivity index (χ4n) is 4.84. The van der Waals surface area contributed by atoms with Crippen LogP contribution in [-0.4, -0.2) is 26.5 Å². The van der Waals surface area contributed by atoms with Crippen LogP contribution in [-0.2, 0) is 9.59 Å². The van der Waals surface area contributed by atoms with Gasteiger partial charge in [0.15, 0.2) is 0 Å². The monoisotopic (exact) mass is 666 g/mol. The van der Waals surface area contributed by atoms with Crippen molar-refractivity contribution in [3.63, 3.8) is 0 Å². The number of carboxylic acid groups (broad SMARTS) is 1. The molecule has 0 aliphatic carbocycles. The molecule has 0 spiro atoms. The van der Waals surface area contributed by atoms with Crippen LogP contribution < -0.4 is 0 Å². The van der Waals surface area contributed by atoms with Gasteiger partial charge in [0.05, 0.1) is 4.83 Å². The van der Waals surface area contributed by atoms with E-state index in [-0.39, 0.29) is 21.4 Å². The molecule has 0 fully saturated rings. The lowest BCUT2D eigenvalue weighted by molar-refractivity contribution is -0.137. The van der Waals surface area contributed by atoms with Crippen LogP contribution in [0.5, 0.6) is 0 Å². The van der Waals surface area contributed by atoms with E-state index in [1.54, 1.807) is 6.92 Å². The number of carboxylic acids is 1. The second-order valence-corrected chi connectivity index (χ2v) is 13.6. The Morgan fingerprint density at radius 3 is 1.05 bits per heavy atom. The second kappa shape index (κ2) is 30.1. The van der Waals surface area contributed by atoms with E-state index in [1.165, 1.54) is 128 Å². The molecule has 2 unspecified atom stereocenters. The Hall–Kier alpha value is 0.1000. The highest BCUT2D eigenvalue weighted by Crippen LogP contribution is 2.22. The largest absolute Gasteiger partial charge is 0.480 e. The van der Waals surface area contributed by atoms with E-state index in [1.807, 2.05) is 6.92 Å². The second-order valence-electron chi connectivity index (χ2n) is 11.6. The summed E-state index contributed by atoms with van der Waals surface area (Å²) in [5, 5.41) is 8.87. The van der Waals surface area contributed by atoms with E-state index in [2.05, 4.69) is 52.6 Å². The molecule has 0 rings (SSSR count). The number of carbonyl (C=O) groups excluding carboxylic acids is 1. The quantitative estimate of drug-likeness (QED) is 0.0737. The van der Waals surface area contributed by atoms with Gasteiger partial charge < -0.3 is 5.11 Å². The molecular weight excluding hydrogens is 604 g/mol. The van der Waals surface area contributed by atoms with Gasteiger partial charge in [-0.05, 0) is 31.6 Å². The first kappa shape index (κ1) is 40.2. The first-order valence-electron chi connectivity index (χ1n) is 16.2. The molecule has 0 radical (unpaired) electrons. The molecule has 0 saturated carbocycles. The molecule has 0 aromatic rings. The zero-order valence-corrected chi connectivity index (χ0v) is 29.1. The van der Waals surface area contributed by atoms with Gasteiger partial charge in [-0.15, -0.1) is 0 Å². The predicted molar refractivity (Wildman–Crippen MR) is 175 cm³/mol. The molecule has 0 bridgehead atoms. The van der Waals surface area contributed by atoms with Crippen LogP contribution in [0, 0.1) is 11.8 Å². The highest BCUT2D eigenvalue weighted by molar-refractivity contribution is 9.10. The number of halogens is 2. The normalized spacial score (nSPS) is 14.3. The average molecular weight is 669 g/mol. The molecule has 1 N–H and O–H groups in total. The maximum absolute atomic E-state index is 11.2. The van der Waals surface area contributed by atoms with Crippen molar-refractivity contribution in [2.24, 2.45) is 11.8 Å². The van der Waals surface area contributed by atoms with E-state index >= 15 is 0 Å². The zero-order chi connectivity index (χ0) is 29.0. The summed E-state index contributed by atoms with van der Waals surface area (Å²) in [7, 11) is 0. The number of carbonyl (C=O) groups is 2. The van der Waals surface area contributed by atoms with E-state index in [9.17, 15) is 9.59 Å². The lowest BCUT2D eigenvalue weighted by atomic mass is 9.97. The Bertz CT molecular complexity index is 480. The smallest absolute Gasteiger partial charge is 0.317 e. The van der Waals surface area contributed by atoms with Crippen LogP contribution in [0.2, 0.25) is 0 Å². The molecule has 3 nitrogen and oxygen atoms in total.